The molecule has 0 bridgehead atoms. The zero-order valence-electron chi connectivity index (χ0n) is 16.0. The summed E-state index contributed by atoms with van der Waals surface area (Å²) in [5, 5.41) is 2.70. The van der Waals surface area contributed by atoms with Crippen molar-refractivity contribution in [1.82, 2.24) is 0 Å². The van der Waals surface area contributed by atoms with Gasteiger partial charge in [0.25, 0.3) is 11.8 Å². The van der Waals surface area contributed by atoms with Crippen LogP contribution in [0.4, 0.5) is 15.8 Å². The van der Waals surface area contributed by atoms with Crippen LogP contribution in [-0.2, 0) is 0 Å². The average molecular weight is 376 g/mol. The van der Waals surface area contributed by atoms with Gasteiger partial charge < -0.3 is 10.2 Å². The number of carbonyl (C=O) groups excluding carboxylic acids is 2. The first-order valence-corrected chi connectivity index (χ1v) is 8.88. The molecule has 2 amide bonds. The second-order valence-electron chi connectivity index (χ2n) is 6.67. The lowest BCUT2D eigenvalue weighted by molar-refractivity contribution is 0.0989. The van der Waals surface area contributed by atoms with Crippen LogP contribution in [0.3, 0.4) is 0 Å². The number of nitrogens with zero attached hydrogens (tertiary/aromatic N) is 1. The highest BCUT2D eigenvalue weighted by Gasteiger charge is 2.17. The van der Waals surface area contributed by atoms with Crippen LogP contribution < -0.4 is 10.2 Å². The van der Waals surface area contributed by atoms with Crippen molar-refractivity contribution in [1.29, 1.82) is 0 Å². The fraction of sp³-hybridized carbons (Fsp3) is 0.130. The first-order chi connectivity index (χ1) is 13.4. The maximum Gasteiger partial charge on any atom is 0.258 e. The smallest absolute Gasteiger partial charge is 0.258 e. The third-order valence-corrected chi connectivity index (χ3v) is 4.54. The fourth-order valence-electron chi connectivity index (χ4n) is 2.87. The first kappa shape index (κ1) is 19.3. The van der Waals surface area contributed by atoms with Crippen LogP contribution in [0.5, 0.6) is 0 Å². The van der Waals surface area contributed by atoms with Crippen molar-refractivity contribution < 1.29 is 14.0 Å². The van der Waals surface area contributed by atoms with E-state index in [1.54, 1.807) is 36.2 Å². The molecule has 0 aromatic heterocycles. The molecule has 3 rings (SSSR count). The highest BCUT2D eigenvalue weighted by Crippen LogP contribution is 2.22. The standard InChI is InChI=1S/C23H21FN2O2/c1-15-7-6-8-18(13-15)26(3)23(28)17-12-11-16(2)21(14-17)25-22(27)19-9-4-5-10-20(19)24/h4-14H,1-3H3,(H,25,27). The minimum atomic E-state index is -0.593. The van der Waals surface area contributed by atoms with Gasteiger partial charge in [-0.2, -0.15) is 0 Å². The van der Waals surface area contributed by atoms with E-state index in [1.807, 2.05) is 38.1 Å². The summed E-state index contributed by atoms with van der Waals surface area (Å²) in [7, 11) is 1.70. The van der Waals surface area contributed by atoms with Crippen LogP contribution in [-0.4, -0.2) is 18.9 Å². The van der Waals surface area contributed by atoms with Crippen molar-refractivity contribution in [3.8, 4) is 0 Å². The van der Waals surface area contributed by atoms with Crippen molar-refractivity contribution in [3.05, 3.63) is 94.8 Å². The number of aryl methyl sites for hydroxylation is 2. The number of carbonyl (C=O) groups is 2. The van der Waals surface area contributed by atoms with Gasteiger partial charge in [-0.25, -0.2) is 4.39 Å². The summed E-state index contributed by atoms with van der Waals surface area (Å²) >= 11 is 0. The van der Waals surface area contributed by atoms with E-state index in [2.05, 4.69) is 5.32 Å². The van der Waals surface area contributed by atoms with Crippen molar-refractivity contribution in [2.75, 3.05) is 17.3 Å². The Bertz CT molecular complexity index is 1050. The van der Waals surface area contributed by atoms with E-state index in [0.29, 0.717) is 11.3 Å². The Balaban J connectivity index is 1.86. The molecule has 142 valence electrons. The first-order valence-electron chi connectivity index (χ1n) is 8.88. The number of hydrogen-bond donors (Lipinski definition) is 1. The topological polar surface area (TPSA) is 49.4 Å². The lowest BCUT2D eigenvalue weighted by Gasteiger charge is -2.19. The van der Waals surface area contributed by atoms with E-state index in [0.717, 1.165) is 16.8 Å². The molecule has 0 aliphatic heterocycles. The van der Waals surface area contributed by atoms with Crippen LogP contribution in [0.2, 0.25) is 0 Å². The number of anilines is 2. The number of benzene rings is 3. The maximum atomic E-state index is 13.9. The summed E-state index contributed by atoms with van der Waals surface area (Å²) in [5.74, 6) is -1.35. The zero-order valence-corrected chi connectivity index (χ0v) is 16.0. The Kier molecular flexibility index (Phi) is 5.54. The van der Waals surface area contributed by atoms with Crippen LogP contribution in [0.1, 0.15) is 31.8 Å². The molecule has 0 spiro atoms. The van der Waals surface area contributed by atoms with Gasteiger partial charge in [0.15, 0.2) is 0 Å². The summed E-state index contributed by atoms with van der Waals surface area (Å²) in [6, 6.07) is 18.5. The van der Waals surface area contributed by atoms with Gasteiger partial charge in [-0.05, 0) is 61.4 Å². The molecule has 0 saturated carbocycles. The fourth-order valence-corrected chi connectivity index (χ4v) is 2.87. The third-order valence-electron chi connectivity index (χ3n) is 4.54. The monoisotopic (exact) mass is 376 g/mol. The lowest BCUT2D eigenvalue weighted by Crippen LogP contribution is -2.26. The Morgan fingerprint density at radius 3 is 2.39 bits per heavy atom. The number of amides is 2. The molecule has 28 heavy (non-hydrogen) atoms. The summed E-state index contributed by atoms with van der Waals surface area (Å²) in [4.78, 5) is 26.9. The predicted octanol–water partition coefficient (Wildman–Crippen LogP) is 4.97. The van der Waals surface area contributed by atoms with Crippen molar-refractivity contribution in [2.45, 2.75) is 13.8 Å². The Hall–Kier alpha value is -3.47. The Morgan fingerprint density at radius 2 is 1.68 bits per heavy atom. The minimum Gasteiger partial charge on any atom is -0.322 e. The summed E-state index contributed by atoms with van der Waals surface area (Å²) < 4.78 is 13.9. The number of hydrogen-bond acceptors (Lipinski definition) is 2. The molecule has 0 unspecified atom stereocenters. The van der Waals surface area contributed by atoms with Gasteiger partial charge in [-0.1, -0.05) is 30.3 Å². The minimum absolute atomic E-state index is 0.0458. The zero-order chi connectivity index (χ0) is 20.3. The Labute approximate surface area is 163 Å². The molecule has 0 aliphatic rings. The molecule has 0 radical (unpaired) electrons. The third kappa shape index (κ3) is 4.09. The number of halogens is 1. The van der Waals surface area contributed by atoms with Crippen molar-refractivity contribution in [3.63, 3.8) is 0 Å². The lowest BCUT2D eigenvalue weighted by atomic mass is 10.1. The molecule has 0 aliphatic carbocycles. The number of rotatable bonds is 4. The summed E-state index contributed by atoms with van der Waals surface area (Å²) in [6.07, 6.45) is 0. The van der Waals surface area contributed by atoms with Gasteiger partial charge in [0.2, 0.25) is 0 Å². The highest BCUT2D eigenvalue weighted by atomic mass is 19.1. The molecule has 3 aromatic carbocycles. The molecule has 3 aromatic rings. The van der Waals surface area contributed by atoms with E-state index in [-0.39, 0.29) is 11.5 Å². The quantitative estimate of drug-likeness (QED) is 0.699. The van der Waals surface area contributed by atoms with E-state index in [9.17, 15) is 14.0 Å². The molecule has 0 fully saturated rings. The van der Waals surface area contributed by atoms with Crippen molar-refractivity contribution >= 4 is 23.2 Å². The van der Waals surface area contributed by atoms with Gasteiger partial charge in [0, 0.05) is 24.0 Å². The molecule has 0 heterocycles. The maximum absolute atomic E-state index is 13.9. The molecule has 0 atom stereocenters. The largest absolute Gasteiger partial charge is 0.322 e. The summed E-state index contributed by atoms with van der Waals surface area (Å²) in [6.45, 7) is 3.78. The van der Waals surface area contributed by atoms with Crippen molar-refractivity contribution in [2.24, 2.45) is 0 Å². The van der Waals surface area contributed by atoms with E-state index >= 15 is 0 Å². The SMILES string of the molecule is Cc1cccc(N(C)C(=O)c2ccc(C)c(NC(=O)c3ccccc3F)c2)c1. The molecule has 5 heteroatoms. The van der Waals surface area contributed by atoms with Gasteiger partial charge in [0.05, 0.1) is 5.56 Å². The molecular formula is C23H21FN2O2. The normalized spacial score (nSPS) is 10.4. The Morgan fingerprint density at radius 1 is 0.929 bits per heavy atom. The highest BCUT2D eigenvalue weighted by molar-refractivity contribution is 6.08. The molecule has 4 nitrogen and oxygen atoms in total. The van der Waals surface area contributed by atoms with Gasteiger partial charge in [-0.3, -0.25) is 9.59 Å². The van der Waals surface area contributed by atoms with E-state index < -0.39 is 11.7 Å². The van der Waals surface area contributed by atoms with Crippen LogP contribution in [0.15, 0.2) is 66.7 Å². The predicted molar refractivity (Wildman–Crippen MR) is 109 cm³/mol. The molecule has 0 saturated heterocycles. The van der Waals surface area contributed by atoms with Crippen LogP contribution in [0.25, 0.3) is 0 Å². The molecule has 1 N–H and O–H groups in total. The van der Waals surface area contributed by atoms with Crippen LogP contribution >= 0.6 is 0 Å². The summed E-state index contributed by atoms with van der Waals surface area (Å²) in [5.41, 5.74) is 3.46. The van der Waals surface area contributed by atoms with Gasteiger partial charge in [0.1, 0.15) is 5.82 Å². The van der Waals surface area contributed by atoms with E-state index in [1.165, 1.54) is 18.2 Å². The molecular weight excluding hydrogens is 355 g/mol. The average Bonchev–Trinajstić information content (AvgIpc) is 2.68. The number of nitrogens with one attached hydrogen (secondary N) is 1. The van der Waals surface area contributed by atoms with E-state index in [4.69, 9.17) is 0 Å². The van der Waals surface area contributed by atoms with Crippen LogP contribution in [0, 0.1) is 19.7 Å². The van der Waals surface area contributed by atoms with Gasteiger partial charge >= 0.3 is 0 Å². The second kappa shape index (κ2) is 8.05. The second-order valence-corrected chi connectivity index (χ2v) is 6.67. The van der Waals surface area contributed by atoms with Gasteiger partial charge in [-0.15, -0.1) is 0 Å².